The van der Waals surface area contributed by atoms with Crippen LogP contribution in [0.3, 0.4) is 0 Å². The van der Waals surface area contributed by atoms with Gasteiger partial charge in [-0.2, -0.15) is 0 Å². The molecular weight excluding hydrogens is 320 g/mol. The maximum absolute atomic E-state index is 11.0. The highest BCUT2D eigenvalue weighted by Crippen LogP contribution is 2.73. The second kappa shape index (κ2) is 5.29. The summed E-state index contributed by atoms with van der Waals surface area (Å²) in [4.78, 5) is 0. The average molecular weight is 352 g/mol. The molecule has 0 heterocycles. The largest absolute Gasteiger partial charge is 0.396 e. The molecule has 0 amide bonds. The van der Waals surface area contributed by atoms with Crippen molar-refractivity contribution in [1.29, 1.82) is 0 Å². The van der Waals surface area contributed by atoms with Gasteiger partial charge in [-0.1, -0.05) is 19.9 Å². The van der Waals surface area contributed by atoms with Crippen molar-refractivity contribution in [1.82, 2.24) is 0 Å². The highest BCUT2D eigenvalue weighted by Gasteiger charge is 2.70. The van der Waals surface area contributed by atoms with E-state index in [9.17, 15) is 25.5 Å². The van der Waals surface area contributed by atoms with Gasteiger partial charge in [0.15, 0.2) is 0 Å². The van der Waals surface area contributed by atoms with E-state index in [-0.39, 0.29) is 35.9 Å². The van der Waals surface area contributed by atoms with E-state index in [1.54, 1.807) is 0 Å². The summed E-state index contributed by atoms with van der Waals surface area (Å²) in [6.07, 6.45) is 5.08. The van der Waals surface area contributed by atoms with E-state index in [2.05, 4.69) is 13.0 Å². The molecule has 4 aliphatic carbocycles. The molecule has 0 unspecified atom stereocenters. The quantitative estimate of drug-likeness (QED) is 0.477. The zero-order chi connectivity index (χ0) is 18.3. The van der Waals surface area contributed by atoms with Gasteiger partial charge in [0, 0.05) is 16.7 Å². The van der Waals surface area contributed by atoms with Crippen LogP contribution in [0.25, 0.3) is 0 Å². The predicted molar refractivity (Wildman–Crippen MR) is 92.5 cm³/mol. The van der Waals surface area contributed by atoms with Crippen LogP contribution in [-0.4, -0.2) is 56.6 Å². The maximum Gasteiger partial charge on any atom is 0.0933 e. The van der Waals surface area contributed by atoms with Gasteiger partial charge in [-0.05, 0) is 55.4 Å². The Kier molecular flexibility index (Phi) is 3.80. The van der Waals surface area contributed by atoms with Gasteiger partial charge in [-0.3, -0.25) is 0 Å². The molecule has 0 aromatic rings. The number of aliphatic hydroxyl groups is 5. The first-order chi connectivity index (χ1) is 11.7. The van der Waals surface area contributed by atoms with Crippen LogP contribution in [0.2, 0.25) is 0 Å². The zero-order valence-electron chi connectivity index (χ0n) is 15.3. The third-order valence-electron chi connectivity index (χ3n) is 9.04. The van der Waals surface area contributed by atoms with Crippen molar-refractivity contribution in [2.75, 3.05) is 13.2 Å². The van der Waals surface area contributed by atoms with E-state index in [0.717, 1.165) is 24.8 Å². The van der Waals surface area contributed by atoms with E-state index in [1.165, 1.54) is 0 Å². The zero-order valence-corrected chi connectivity index (χ0v) is 15.3. The molecule has 0 aromatic heterocycles. The first kappa shape index (κ1) is 17.9. The Bertz CT molecular complexity index is 605. The van der Waals surface area contributed by atoms with Crippen LogP contribution in [-0.2, 0) is 0 Å². The lowest BCUT2D eigenvalue weighted by Crippen LogP contribution is -2.61. The molecule has 0 aromatic carbocycles. The van der Waals surface area contributed by atoms with Crippen molar-refractivity contribution < 1.29 is 25.5 Å². The number of fused-ring (bicyclic) bond motifs is 2. The van der Waals surface area contributed by atoms with Gasteiger partial charge in [-0.25, -0.2) is 0 Å². The Hall–Kier alpha value is -0.460. The molecule has 5 heteroatoms. The average Bonchev–Trinajstić information content (AvgIpc) is 2.87. The van der Waals surface area contributed by atoms with Crippen LogP contribution in [0, 0.1) is 28.1 Å². The van der Waals surface area contributed by atoms with E-state index in [1.807, 2.05) is 6.92 Å². The van der Waals surface area contributed by atoms with Crippen LogP contribution in [0.5, 0.6) is 0 Å². The molecule has 8 atom stereocenters. The molecule has 0 aliphatic heterocycles. The number of allylic oxidation sites excluding steroid dienone is 1. The molecule has 4 aliphatic rings. The standard InChI is InChI=1S/C20H32O5/c1-17(10-21)14-4-3-12-16(24)13-9-19(12,7-8-20(13,25)11-22)18(14,2)6-5-15(17)23/h3,13-16,21-25H,4-11H2,1-2H3/t13-,14-,15+,16-,17-,18-,19-,20-/m0/s1. The molecule has 0 radical (unpaired) electrons. The lowest BCUT2D eigenvalue weighted by molar-refractivity contribution is -0.184. The monoisotopic (exact) mass is 352 g/mol. The Morgan fingerprint density at radius 3 is 2.44 bits per heavy atom. The molecule has 5 N–H and O–H groups in total. The number of hydrogen-bond donors (Lipinski definition) is 5. The second-order valence-corrected chi connectivity index (χ2v) is 9.68. The predicted octanol–water partition coefficient (Wildman–Crippen LogP) is 0.977. The van der Waals surface area contributed by atoms with Crippen molar-refractivity contribution >= 4 is 0 Å². The van der Waals surface area contributed by atoms with E-state index in [0.29, 0.717) is 19.3 Å². The Morgan fingerprint density at radius 2 is 1.80 bits per heavy atom. The van der Waals surface area contributed by atoms with Gasteiger partial charge >= 0.3 is 0 Å². The van der Waals surface area contributed by atoms with Crippen molar-refractivity contribution in [2.45, 2.75) is 70.2 Å². The molecule has 142 valence electrons. The van der Waals surface area contributed by atoms with Crippen molar-refractivity contribution in [2.24, 2.45) is 28.1 Å². The summed E-state index contributed by atoms with van der Waals surface area (Å²) in [5, 5.41) is 52.2. The van der Waals surface area contributed by atoms with Gasteiger partial charge in [0.05, 0.1) is 31.0 Å². The number of hydrogen-bond acceptors (Lipinski definition) is 5. The fourth-order valence-electron chi connectivity index (χ4n) is 7.27. The van der Waals surface area contributed by atoms with Crippen molar-refractivity contribution in [3.8, 4) is 0 Å². The van der Waals surface area contributed by atoms with Crippen molar-refractivity contribution in [3.63, 3.8) is 0 Å². The lowest BCUT2D eigenvalue weighted by atomic mass is 9.41. The Balaban J connectivity index is 1.82. The van der Waals surface area contributed by atoms with Gasteiger partial charge in [0.25, 0.3) is 0 Å². The van der Waals surface area contributed by atoms with E-state index < -0.39 is 23.2 Å². The summed E-state index contributed by atoms with van der Waals surface area (Å²) in [5.41, 5.74) is -1.03. The highest BCUT2D eigenvalue weighted by atomic mass is 16.3. The third-order valence-corrected chi connectivity index (χ3v) is 9.04. The second-order valence-electron chi connectivity index (χ2n) is 9.68. The minimum atomic E-state index is -1.21. The fraction of sp³-hybridized carbons (Fsp3) is 0.900. The summed E-state index contributed by atoms with van der Waals surface area (Å²) in [5.74, 6) is -0.191. The first-order valence-electron chi connectivity index (χ1n) is 9.69. The van der Waals surface area contributed by atoms with Gasteiger partial charge < -0.3 is 25.5 Å². The maximum atomic E-state index is 11.0. The first-order valence-corrected chi connectivity index (χ1v) is 9.69. The van der Waals surface area contributed by atoms with Gasteiger partial charge in [0.1, 0.15) is 0 Å². The minimum absolute atomic E-state index is 0.0414. The molecule has 4 rings (SSSR count). The van der Waals surface area contributed by atoms with Crippen molar-refractivity contribution in [3.05, 3.63) is 11.6 Å². The van der Waals surface area contributed by atoms with Crippen LogP contribution < -0.4 is 0 Å². The van der Waals surface area contributed by atoms with Gasteiger partial charge in [-0.15, -0.1) is 0 Å². The molecule has 1 spiro atoms. The minimum Gasteiger partial charge on any atom is -0.396 e. The molecule has 5 nitrogen and oxygen atoms in total. The molecular formula is C20H32O5. The third kappa shape index (κ3) is 1.91. The number of aliphatic hydroxyl groups excluding tert-OH is 4. The molecule has 2 bridgehead atoms. The van der Waals surface area contributed by atoms with Gasteiger partial charge in [0.2, 0.25) is 0 Å². The summed E-state index contributed by atoms with van der Waals surface area (Å²) in [7, 11) is 0. The summed E-state index contributed by atoms with van der Waals surface area (Å²) in [6, 6.07) is 0. The SMILES string of the molecule is C[C@@]1(CO)[C@H](O)CC[C@@]2(C)[C@H]1CC=C1[C@H](O)[C@@H]3C[C@@]12CC[C@]3(O)CO. The lowest BCUT2D eigenvalue weighted by Gasteiger charge is -2.64. The molecule has 3 fully saturated rings. The summed E-state index contributed by atoms with van der Waals surface area (Å²) in [6.45, 7) is 3.90. The topological polar surface area (TPSA) is 101 Å². The van der Waals surface area contributed by atoms with Crippen LogP contribution in [0.15, 0.2) is 11.6 Å². The highest BCUT2D eigenvalue weighted by molar-refractivity contribution is 5.38. The van der Waals surface area contributed by atoms with Crippen LogP contribution in [0.1, 0.15) is 52.4 Å². The number of rotatable bonds is 2. The summed E-state index contributed by atoms with van der Waals surface area (Å²) < 4.78 is 0. The summed E-state index contributed by atoms with van der Waals surface area (Å²) >= 11 is 0. The van der Waals surface area contributed by atoms with Crippen LogP contribution in [0.4, 0.5) is 0 Å². The van der Waals surface area contributed by atoms with E-state index >= 15 is 0 Å². The Morgan fingerprint density at radius 1 is 1.08 bits per heavy atom. The molecule has 25 heavy (non-hydrogen) atoms. The normalized spacial score (nSPS) is 57.6. The fourth-order valence-corrected chi connectivity index (χ4v) is 7.27. The van der Waals surface area contributed by atoms with Crippen LogP contribution >= 0.6 is 0 Å². The van der Waals surface area contributed by atoms with E-state index in [4.69, 9.17) is 0 Å². The Labute approximate surface area is 149 Å². The molecule has 3 saturated carbocycles. The smallest absolute Gasteiger partial charge is 0.0933 e. The molecule has 0 saturated heterocycles.